The Kier molecular flexibility index (Phi) is 8.24. The number of methoxy groups -OCH3 is 1. The molecule has 38 heavy (non-hydrogen) atoms. The van der Waals surface area contributed by atoms with Gasteiger partial charge in [-0.15, -0.1) is 0 Å². The normalized spacial score (nSPS) is 16.1. The molecule has 1 aliphatic heterocycles. The zero-order valence-electron chi connectivity index (χ0n) is 21.2. The van der Waals surface area contributed by atoms with Crippen LogP contribution in [0.25, 0.3) is 10.9 Å². The van der Waals surface area contributed by atoms with Crippen LogP contribution in [0.5, 0.6) is 5.75 Å². The molecule has 2 N–H and O–H groups in total. The molecular weight excluding hydrogens is 497 g/mol. The monoisotopic (exact) mass is 526 g/mol. The number of aryl methyl sites for hydroxylation is 1. The van der Waals surface area contributed by atoms with Crippen LogP contribution in [0.1, 0.15) is 48.5 Å². The highest BCUT2D eigenvalue weighted by molar-refractivity contribution is 5.85. The van der Waals surface area contributed by atoms with Crippen LogP contribution in [-0.2, 0) is 4.79 Å². The molecule has 1 atom stereocenters. The number of aliphatic hydroxyl groups is 1. The van der Waals surface area contributed by atoms with Crippen LogP contribution < -0.4 is 4.74 Å². The Labute approximate surface area is 219 Å². The fraction of sp³-hybridized carbons (Fsp3) is 0.379. The zero-order valence-corrected chi connectivity index (χ0v) is 21.2. The Hall–Kier alpha value is -3.61. The summed E-state index contributed by atoms with van der Waals surface area (Å²) in [6.07, 6.45) is 2.05. The largest absolute Gasteiger partial charge is 0.497 e. The summed E-state index contributed by atoms with van der Waals surface area (Å²) in [5, 5.41) is 22.0. The van der Waals surface area contributed by atoms with E-state index in [0.717, 1.165) is 10.9 Å². The maximum atomic E-state index is 13.8. The van der Waals surface area contributed by atoms with Crippen LogP contribution in [0.2, 0.25) is 0 Å². The third-order valence-corrected chi connectivity index (χ3v) is 7.34. The predicted octanol–water partition coefficient (Wildman–Crippen LogP) is 5.00. The average molecular weight is 527 g/mol. The van der Waals surface area contributed by atoms with Gasteiger partial charge in [0.2, 0.25) is 0 Å². The van der Waals surface area contributed by atoms with E-state index in [1.807, 2.05) is 24.0 Å². The highest BCUT2D eigenvalue weighted by Crippen LogP contribution is 2.40. The quantitative estimate of drug-likeness (QED) is 0.422. The second kappa shape index (κ2) is 11.4. The number of benzene rings is 2. The summed E-state index contributed by atoms with van der Waals surface area (Å²) in [5.41, 5.74) is 0.739. The van der Waals surface area contributed by atoms with Crippen molar-refractivity contribution in [3.63, 3.8) is 0 Å². The Balaban J connectivity index is 1.42. The Morgan fingerprint density at radius 1 is 1.18 bits per heavy atom. The first-order valence-electron chi connectivity index (χ1n) is 12.3. The highest BCUT2D eigenvalue weighted by atomic mass is 19.1. The number of carbonyl (C=O) groups is 1. The minimum absolute atomic E-state index is 0.193. The Morgan fingerprint density at radius 3 is 2.50 bits per heavy atom. The number of pyridine rings is 1. The molecule has 0 amide bonds. The molecule has 9 heteroatoms. The third kappa shape index (κ3) is 5.77. The van der Waals surface area contributed by atoms with Gasteiger partial charge in [-0.05, 0) is 61.9 Å². The van der Waals surface area contributed by atoms with E-state index < -0.39 is 40.5 Å². The molecule has 1 saturated heterocycles. The van der Waals surface area contributed by atoms with Gasteiger partial charge in [0.25, 0.3) is 0 Å². The van der Waals surface area contributed by atoms with Crippen molar-refractivity contribution in [2.24, 2.45) is 5.41 Å². The SMILES string of the molecule is COc1ccc2ncc(C)c([C@H](O)CCC3(C(=O)O)CCN(CC#Cc4c(F)cc(F)cc4F)CC3)c2c1. The molecule has 1 aromatic heterocycles. The van der Waals surface area contributed by atoms with Gasteiger partial charge in [0, 0.05) is 36.8 Å². The number of halogens is 3. The number of ether oxygens (including phenoxy) is 1. The summed E-state index contributed by atoms with van der Waals surface area (Å²) in [4.78, 5) is 18.7. The van der Waals surface area contributed by atoms with Crippen LogP contribution in [0.3, 0.4) is 0 Å². The molecular formula is C29H29F3N2O4. The minimum atomic E-state index is -1.06. The molecule has 0 bridgehead atoms. The number of fused-ring (bicyclic) bond motifs is 1. The third-order valence-electron chi connectivity index (χ3n) is 7.34. The Morgan fingerprint density at radius 2 is 1.87 bits per heavy atom. The number of carboxylic acid groups (broad SMARTS) is 1. The maximum absolute atomic E-state index is 13.8. The predicted molar refractivity (Wildman–Crippen MR) is 136 cm³/mol. The van der Waals surface area contributed by atoms with Gasteiger partial charge in [0.1, 0.15) is 23.2 Å². The van der Waals surface area contributed by atoms with Crippen LogP contribution in [0.15, 0.2) is 36.5 Å². The minimum Gasteiger partial charge on any atom is -0.497 e. The number of piperidine rings is 1. The van der Waals surface area contributed by atoms with Gasteiger partial charge in [-0.25, -0.2) is 13.2 Å². The molecule has 0 aliphatic carbocycles. The number of aliphatic carboxylic acids is 1. The van der Waals surface area contributed by atoms with E-state index in [1.54, 1.807) is 19.4 Å². The molecule has 1 aliphatic rings. The van der Waals surface area contributed by atoms with Gasteiger partial charge in [-0.2, -0.15) is 0 Å². The Bertz CT molecular complexity index is 1390. The van der Waals surface area contributed by atoms with E-state index in [9.17, 15) is 28.2 Å². The van der Waals surface area contributed by atoms with Crippen LogP contribution in [0, 0.1) is 41.6 Å². The zero-order chi connectivity index (χ0) is 27.4. The van der Waals surface area contributed by atoms with Crippen molar-refractivity contribution in [2.45, 2.75) is 38.7 Å². The van der Waals surface area contributed by atoms with E-state index in [1.165, 1.54) is 0 Å². The lowest BCUT2D eigenvalue weighted by atomic mass is 9.74. The first kappa shape index (κ1) is 27.4. The fourth-order valence-corrected chi connectivity index (χ4v) is 5.03. The standard InChI is InChI=1S/C29H29F3N2O4/c1-18-17-33-25-6-5-20(38-2)16-22(25)27(18)26(35)7-8-29(28(36)37)9-12-34(13-10-29)11-3-4-21-23(31)14-19(30)15-24(21)32/h5-6,14-17,26,35H,7-13H2,1-2H3,(H,36,37)/t26-/m1/s1. The van der Waals surface area contributed by atoms with Crippen molar-refractivity contribution < 1.29 is 32.9 Å². The summed E-state index contributed by atoms with van der Waals surface area (Å²) >= 11 is 0. The van der Waals surface area contributed by atoms with E-state index in [0.29, 0.717) is 54.9 Å². The molecule has 0 spiro atoms. The molecule has 4 rings (SSSR count). The molecule has 3 aromatic rings. The van der Waals surface area contributed by atoms with Crippen molar-refractivity contribution >= 4 is 16.9 Å². The van der Waals surface area contributed by atoms with E-state index >= 15 is 0 Å². The number of hydrogen-bond acceptors (Lipinski definition) is 5. The van der Waals surface area contributed by atoms with Crippen LogP contribution in [0.4, 0.5) is 13.2 Å². The van der Waals surface area contributed by atoms with Crippen molar-refractivity contribution in [1.82, 2.24) is 9.88 Å². The number of nitrogens with zero attached hydrogens (tertiary/aromatic N) is 2. The smallest absolute Gasteiger partial charge is 0.309 e. The molecule has 200 valence electrons. The van der Waals surface area contributed by atoms with Gasteiger partial charge in [-0.3, -0.25) is 14.7 Å². The van der Waals surface area contributed by atoms with Gasteiger partial charge in [-0.1, -0.05) is 11.8 Å². The number of aliphatic hydroxyl groups excluding tert-OH is 1. The van der Waals surface area contributed by atoms with Gasteiger partial charge in [0.05, 0.1) is 36.3 Å². The van der Waals surface area contributed by atoms with E-state index in [4.69, 9.17) is 4.74 Å². The lowest BCUT2D eigenvalue weighted by molar-refractivity contribution is -0.153. The lowest BCUT2D eigenvalue weighted by Crippen LogP contribution is -2.44. The van der Waals surface area contributed by atoms with Gasteiger partial charge in [0.15, 0.2) is 0 Å². The van der Waals surface area contributed by atoms with Crippen molar-refractivity contribution in [1.29, 1.82) is 0 Å². The second-order valence-corrected chi connectivity index (χ2v) is 9.70. The summed E-state index contributed by atoms with van der Waals surface area (Å²) in [6, 6.07) is 6.60. The van der Waals surface area contributed by atoms with Crippen LogP contribution in [-0.4, -0.2) is 52.8 Å². The average Bonchev–Trinajstić information content (AvgIpc) is 2.89. The summed E-state index contributed by atoms with van der Waals surface area (Å²) < 4.78 is 46.0. The van der Waals surface area contributed by atoms with Gasteiger partial charge < -0.3 is 14.9 Å². The molecule has 2 heterocycles. The van der Waals surface area contributed by atoms with E-state index in [-0.39, 0.29) is 19.4 Å². The first-order valence-corrected chi connectivity index (χ1v) is 12.3. The van der Waals surface area contributed by atoms with Crippen molar-refractivity contribution in [2.75, 3.05) is 26.7 Å². The number of carboxylic acids is 1. The first-order chi connectivity index (χ1) is 18.1. The molecule has 0 saturated carbocycles. The fourth-order valence-electron chi connectivity index (χ4n) is 5.03. The highest BCUT2D eigenvalue weighted by Gasteiger charge is 2.41. The van der Waals surface area contributed by atoms with E-state index in [2.05, 4.69) is 16.8 Å². The van der Waals surface area contributed by atoms with Crippen molar-refractivity contribution in [3.8, 4) is 17.6 Å². The maximum Gasteiger partial charge on any atom is 0.309 e. The van der Waals surface area contributed by atoms with Crippen LogP contribution >= 0.6 is 0 Å². The molecule has 0 unspecified atom stereocenters. The topological polar surface area (TPSA) is 82.9 Å². The van der Waals surface area contributed by atoms with Crippen molar-refractivity contribution in [3.05, 3.63) is 70.7 Å². The molecule has 1 fully saturated rings. The lowest BCUT2D eigenvalue weighted by Gasteiger charge is -2.38. The van der Waals surface area contributed by atoms with Gasteiger partial charge >= 0.3 is 5.97 Å². The second-order valence-electron chi connectivity index (χ2n) is 9.70. The number of rotatable bonds is 7. The molecule has 2 aromatic carbocycles. The summed E-state index contributed by atoms with van der Waals surface area (Å²) in [5.74, 6) is 1.71. The number of aromatic nitrogens is 1. The molecule has 6 nitrogen and oxygen atoms in total. The number of likely N-dealkylation sites (tertiary alicyclic amines) is 1. The summed E-state index contributed by atoms with van der Waals surface area (Å²) in [6.45, 7) is 2.92. The number of hydrogen-bond donors (Lipinski definition) is 2. The summed E-state index contributed by atoms with van der Waals surface area (Å²) in [7, 11) is 1.56. The molecule has 0 radical (unpaired) electrons.